The van der Waals surface area contributed by atoms with Crippen LogP contribution in [0.5, 0.6) is 0 Å². The Labute approximate surface area is 219 Å². The van der Waals surface area contributed by atoms with Gasteiger partial charge in [-0.15, -0.1) is 0 Å². The summed E-state index contributed by atoms with van der Waals surface area (Å²) >= 11 is 0. The summed E-state index contributed by atoms with van der Waals surface area (Å²) in [5.74, 6) is -1.26. The van der Waals surface area contributed by atoms with Crippen molar-refractivity contribution in [1.82, 2.24) is 4.90 Å². The number of non-ortho nitro benzene ring substituents is 1. The van der Waals surface area contributed by atoms with Gasteiger partial charge in [0.2, 0.25) is 0 Å². The number of benzene rings is 3. The van der Waals surface area contributed by atoms with E-state index < -0.39 is 10.9 Å². The normalized spacial score (nSPS) is 17.0. The molecule has 0 atom stereocenters. The zero-order chi connectivity index (χ0) is 26.6. The lowest BCUT2D eigenvalue weighted by Gasteiger charge is -2.29. The predicted molar refractivity (Wildman–Crippen MR) is 146 cm³/mol. The van der Waals surface area contributed by atoms with Gasteiger partial charge in [-0.2, -0.15) is 0 Å². The molecule has 0 radical (unpaired) electrons. The number of nitro benzene ring substituents is 1. The van der Waals surface area contributed by atoms with Crippen molar-refractivity contribution >= 4 is 40.2 Å². The lowest BCUT2D eigenvalue weighted by molar-refractivity contribution is -0.384. The number of aliphatic carboxylic acids is 1. The summed E-state index contributed by atoms with van der Waals surface area (Å²) in [4.78, 5) is 37.4. The third kappa shape index (κ3) is 5.42. The molecule has 2 aliphatic rings. The number of carboxylic acid groups (broad SMARTS) is 1. The van der Waals surface area contributed by atoms with E-state index in [-0.39, 0.29) is 17.5 Å². The highest BCUT2D eigenvalue weighted by Crippen LogP contribution is 2.39. The Morgan fingerprint density at radius 1 is 1.05 bits per heavy atom. The van der Waals surface area contributed by atoms with Crippen molar-refractivity contribution in [2.45, 2.75) is 19.3 Å². The number of carbonyl (C=O) groups is 2. The number of fused-ring (bicyclic) bond motifs is 1. The largest absolute Gasteiger partial charge is 0.481 e. The van der Waals surface area contributed by atoms with Crippen LogP contribution in [0.4, 0.5) is 17.1 Å². The molecule has 1 amide bonds. The number of likely N-dealkylation sites (tertiary alicyclic amines) is 1. The highest BCUT2D eigenvalue weighted by Gasteiger charge is 2.30. The SMILES string of the molecule is O=C1Nc2ccc([N+](=O)[O-])cc2C1=C(Nc1ccc(CCN2CCC(C(=O)O)CC2)cc1)c1ccccc1. The molecule has 3 aromatic carbocycles. The Kier molecular flexibility index (Phi) is 7.19. The zero-order valence-electron chi connectivity index (χ0n) is 20.7. The maximum atomic E-state index is 13.0. The fourth-order valence-electron chi connectivity index (χ4n) is 4.99. The molecule has 194 valence electrons. The minimum atomic E-state index is -0.700. The van der Waals surface area contributed by atoms with Crippen LogP contribution in [0.2, 0.25) is 0 Å². The molecular formula is C29H28N4O5. The maximum Gasteiger partial charge on any atom is 0.306 e. The van der Waals surface area contributed by atoms with Gasteiger partial charge < -0.3 is 20.6 Å². The van der Waals surface area contributed by atoms with Gasteiger partial charge in [0.1, 0.15) is 0 Å². The second kappa shape index (κ2) is 10.9. The number of nitrogens with one attached hydrogen (secondary N) is 2. The Morgan fingerprint density at radius 2 is 1.76 bits per heavy atom. The van der Waals surface area contributed by atoms with E-state index in [0.29, 0.717) is 35.4 Å². The standard InChI is InChI=1S/C29H28N4O5/c34-28-26(24-18-23(33(37)38)10-11-25(24)31-28)27(20-4-2-1-3-5-20)30-22-8-6-19(7-9-22)12-15-32-16-13-21(14-17-32)29(35)36/h1-11,18,21,30H,12-17H2,(H,31,34)(H,35,36). The summed E-state index contributed by atoms with van der Waals surface area (Å²) in [5.41, 5.74) is 4.58. The van der Waals surface area contributed by atoms with E-state index in [9.17, 15) is 24.8 Å². The predicted octanol–water partition coefficient (Wildman–Crippen LogP) is 4.87. The number of anilines is 2. The van der Waals surface area contributed by atoms with E-state index >= 15 is 0 Å². The molecular weight excluding hydrogens is 484 g/mol. The lowest BCUT2D eigenvalue weighted by atomic mass is 9.97. The van der Waals surface area contributed by atoms with Crippen molar-refractivity contribution in [2.24, 2.45) is 5.92 Å². The summed E-state index contributed by atoms with van der Waals surface area (Å²) in [6.45, 7) is 2.47. The van der Waals surface area contributed by atoms with E-state index in [0.717, 1.165) is 42.9 Å². The van der Waals surface area contributed by atoms with Crippen LogP contribution in [0, 0.1) is 16.0 Å². The number of nitro groups is 1. The molecule has 2 aliphatic heterocycles. The number of hydrogen-bond acceptors (Lipinski definition) is 6. The third-order valence-corrected chi connectivity index (χ3v) is 7.15. The van der Waals surface area contributed by atoms with Crippen molar-refractivity contribution < 1.29 is 19.6 Å². The molecule has 1 saturated heterocycles. The molecule has 38 heavy (non-hydrogen) atoms. The number of amides is 1. The number of rotatable bonds is 8. The first kappa shape index (κ1) is 25.2. The van der Waals surface area contributed by atoms with Gasteiger partial charge in [0.05, 0.1) is 22.1 Å². The smallest absolute Gasteiger partial charge is 0.306 e. The molecule has 0 aromatic heterocycles. The number of carboxylic acids is 1. The minimum Gasteiger partial charge on any atom is -0.481 e. The number of carbonyl (C=O) groups excluding carboxylic acids is 1. The summed E-state index contributed by atoms with van der Waals surface area (Å²) in [7, 11) is 0. The van der Waals surface area contributed by atoms with Crippen LogP contribution in [0.1, 0.15) is 29.5 Å². The molecule has 5 rings (SSSR count). The first-order valence-corrected chi connectivity index (χ1v) is 12.6. The van der Waals surface area contributed by atoms with E-state index in [4.69, 9.17) is 0 Å². The van der Waals surface area contributed by atoms with Crippen LogP contribution in [0.15, 0.2) is 72.8 Å². The highest BCUT2D eigenvalue weighted by atomic mass is 16.6. The van der Waals surface area contributed by atoms with Crippen molar-refractivity contribution in [3.63, 3.8) is 0 Å². The average molecular weight is 513 g/mol. The molecule has 0 unspecified atom stereocenters. The summed E-state index contributed by atoms with van der Waals surface area (Å²) in [6, 6.07) is 21.8. The van der Waals surface area contributed by atoms with Crippen molar-refractivity contribution in [3.8, 4) is 0 Å². The van der Waals surface area contributed by atoms with Gasteiger partial charge in [-0.3, -0.25) is 19.7 Å². The molecule has 9 heteroatoms. The Balaban J connectivity index is 1.36. The highest BCUT2D eigenvalue weighted by molar-refractivity contribution is 6.37. The Bertz CT molecular complexity index is 1390. The molecule has 2 heterocycles. The quantitative estimate of drug-likeness (QED) is 0.223. The molecule has 0 aliphatic carbocycles. The van der Waals surface area contributed by atoms with E-state index in [1.54, 1.807) is 6.07 Å². The van der Waals surface area contributed by atoms with Gasteiger partial charge >= 0.3 is 5.97 Å². The molecule has 0 saturated carbocycles. The average Bonchev–Trinajstić information content (AvgIpc) is 3.26. The van der Waals surface area contributed by atoms with Crippen LogP contribution in [-0.2, 0) is 16.0 Å². The van der Waals surface area contributed by atoms with Crippen LogP contribution in [0.25, 0.3) is 11.3 Å². The van der Waals surface area contributed by atoms with E-state index in [1.807, 2.05) is 54.6 Å². The van der Waals surface area contributed by atoms with Crippen LogP contribution >= 0.6 is 0 Å². The second-order valence-corrected chi connectivity index (χ2v) is 9.58. The van der Waals surface area contributed by atoms with Gasteiger partial charge in [0, 0.05) is 35.6 Å². The summed E-state index contributed by atoms with van der Waals surface area (Å²) < 4.78 is 0. The fourth-order valence-corrected chi connectivity index (χ4v) is 4.99. The first-order valence-electron chi connectivity index (χ1n) is 12.6. The van der Waals surface area contributed by atoms with Gasteiger partial charge in [0.25, 0.3) is 11.6 Å². The van der Waals surface area contributed by atoms with Gasteiger partial charge in [-0.05, 0) is 61.7 Å². The van der Waals surface area contributed by atoms with E-state index in [1.165, 1.54) is 12.1 Å². The number of piperidine rings is 1. The monoisotopic (exact) mass is 512 g/mol. The van der Waals surface area contributed by atoms with Gasteiger partial charge in [-0.25, -0.2) is 0 Å². The molecule has 0 bridgehead atoms. The minimum absolute atomic E-state index is 0.0818. The number of hydrogen-bond donors (Lipinski definition) is 3. The van der Waals surface area contributed by atoms with Crippen molar-refractivity contribution in [3.05, 3.63) is 99.6 Å². The molecule has 1 fully saturated rings. The van der Waals surface area contributed by atoms with Crippen molar-refractivity contribution in [1.29, 1.82) is 0 Å². The number of nitrogens with zero attached hydrogens (tertiary/aromatic N) is 2. The van der Waals surface area contributed by atoms with Crippen LogP contribution in [0.3, 0.4) is 0 Å². The molecule has 3 N–H and O–H groups in total. The van der Waals surface area contributed by atoms with E-state index in [2.05, 4.69) is 15.5 Å². The van der Waals surface area contributed by atoms with Gasteiger partial charge in [-0.1, -0.05) is 42.5 Å². The zero-order valence-corrected chi connectivity index (χ0v) is 20.7. The molecule has 3 aromatic rings. The third-order valence-electron chi connectivity index (χ3n) is 7.15. The molecule has 9 nitrogen and oxygen atoms in total. The second-order valence-electron chi connectivity index (χ2n) is 9.58. The maximum absolute atomic E-state index is 13.0. The van der Waals surface area contributed by atoms with Crippen LogP contribution in [-0.4, -0.2) is 46.4 Å². The van der Waals surface area contributed by atoms with Crippen LogP contribution < -0.4 is 10.6 Å². The van der Waals surface area contributed by atoms with Gasteiger partial charge in [0.15, 0.2) is 0 Å². The topological polar surface area (TPSA) is 125 Å². The Morgan fingerprint density at radius 3 is 2.42 bits per heavy atom. The fraction of sp³-hybridized carbons (Fsp3) is 0.241. The first-order chi connectivity index (χ1) is 18.4. The summed E-state index contributed by atoms with van der Waals surface area (Å²) in [5, 5.41) is 26.8. The Hall–Kier alpha value is -4.50. The lowest BCUT2D eigenvalue weighted by Crippen LogP contribution is -2.37. The van der Waals surface area contributed by atoms with Crippen molar-refractivity contribution in [2.75, 3.05) is 30.3 Å². The summed E-state index contributed by atoms with van der Waals surface area (Å²) in [6.07, 6.45) is 2.23. The molecule has 0 spiro atoms.